The molecule has 2 rings (SSSR count). The summed E-state index contributed by atoms with van der Waals surface area (Å²) in [4.78, 5) is 0. The highest BCUT2D eigenvalue weighted by Gasteiger charge is 2.35. The average Bonchev–Trinajstić information content (AvgIpc) is 2.84. The molecule has 2 heteroatoms. The van der Waals surface area contributed by atoms with Gasteiger partial charge in [0.25, 0.3) is 0 Å². The maximum absolute atomic E-state index is 6.44. The summed E-state index contributed by atoms with van der Waals surface area (Å²) in [6.45, 7) is 13.2. The molecule has 0 bridgehead atoms. The second-order valence-corrected chi connectivity index (χ2v) is 8.24. The Bertz CT molecular complexity index is 630. The molecule has 0 fully saturated rings. The number of allylic oxidation sites excluding steroid dienone is 4. The van der Waals surface area contributed by atoms with Crippen molar-refractivity contribution >= 4 is 11.6 Å². The molecule has 0 aliphatic heterocycles. The van der Waals surface area contributed by atoms with Gasteiger partial charge in [-0.3, -0.25) is 0 Å². The summed E-state index contributed by atoms with van der Waals surface area (Å²) in [5, 5.41) is 0.775. The van der Waals surface area contributed by atoms with Crippen LogP contribution in [0.1, 0.15) is 52.7 Å². The summed E-state index contributed by atoms with van der Waals surface area (Å²) in [5.41, 5.74) is 3.56. The van der Waals surface area contributed by atoms with Gasteiger partial charge < -0.3 is 4.74 Å². The number of methoxy groups -OCH3 is 1. The minimum atomic E-state index is -0.0789. The van der Waals surface area contributed by atoms with Crippen molar-refractivity contribution in [1.82, 2.24) is 0 Å². The van der Waals surface area contributed by atoms with Gasteiger partial charge in [-0.05, 0) is 24.5 Å². The molecule has 0 heterocycles. The zero-order chi connectivity index (χ0) is 16.7. The molecule has 1 aliphatic carbocycles. The van der Waals surface area contributed by atoms with E-state index in [9.17, 15) is 0 Å². The Hall–Kier alpha value is -1.21. The molecule has 1 aromatic rings. The van der Waals surface area contributed by atoms with E-state index < -0.39 is 0 Å². The minimum absolute atomic E-state index is 0.0155. The Balaban J connectivity index is 2.64. The van der Waals surface area contributed by atoms with E-state index in [1.54, 1.807) is 7.11 Å². The van der Waals surface area contributed by atoms with Crippen LogP contribution in [0.4, 0.5) is 0 Å². The molecule has 1 atom stereocenters. The molecule has 120 valence electrons. The van der Waals surface area contributed by atoms with E-state index in [1.807, 2.05) is 6.07 Å². The Labute approximate surface area is 140 Å². The van der Waals surface area contributed by atoms with Gasteiger partial charge in [0.15, 0.2) is 0 Å². The lowest BCUT2D eigenvalue weighted by Crippen LogP contribution is -2.27. The van der Waals surface area contributed by atoms with Crippen LogP contribution in [0.25, 0.3) is 0 Å². The number of rotatable bonds is 3. The number of benzene rings is 1. The number of hydrogen-bond donors (Lipinski definition) is 0. The molecule has 0 amide bonds. The predicted octanol–water partition coefficient (Wildman–Crippen LogP) is 6.06. The molecular formula is C20H27ClO. The van der Waals surface area contributed by atoms with Crippen LogP contribution in [0.3, 0.4) is 0 Å². The van der Waals surface area contributed by atoms with E-state index in [4.69, 9.17) is 16.3 Å². The standard InChI is InChI=1S/C20H27ClO/c1-13-8-9-14(10-13)20(5,6)17-12-15(21)11-16(18(17)22-7)19(2,3)4/h8-12,14H,1-7H3. The molecule has 0 spiro atoms. The normalized spacial score (nSPS) is 18.5. The average molecular weight is 319 g/mol. The van der Waals surface area contributed by atoms with E-state index in [1.165, 1.54) is 11.1 Å². The van der Waals surface area contributed by atoms with Gasteiger partial charge in [-0.2, -0.15) is 0 Å². The molecule has 0 radical (unpaired) electrons. The largest absolute Gasteiger partial charge is 0.496 e. The fourth-order valence-corrected chi connectivity index (χ4v) is 3.35. The van der Waals surface area contributed by atoms with Crippen LogP contribution < -0.4 is 4.74 Å². The second-order valence-electron chi connectivity index (χ2n) is 7.80. The first kappa shape index (κ1) is 17.1. The summed E-state index contributed by atoms with van der Waals surface area (Å²) < 4.78 is 5.83. The van der Waals surface area contributed by atoms with Crippen molar-refractivity contribution in [1.29, 1.82) is 0 Å². The Morgan fingerprint density at radius 3 is 2.09 bits per heavy atom. The fourth-order valence-electron chi connectivity index (χ4n) is 3.13. The minimum Gasteiger partial charge on any atom is -0.496 e. The third-order valence-corrected chi connectivity index (χ3v) is 4.82. The van der Waals surface area contributed by atoms with Crippen LogP contribution in [0, 0.1) is 5.92 Å². The van der Waals surface area contributed by atoms with Gasteiger partial charge in [0.2, 0.25) is 0 Å². The summed E-state index contributed by atoms with van der Waals surface area (Å²) in [5.74, 6) is 1.32. The van der Waals surface area contributed by atoms with Gasteiger partial charge in [0, 0.05) is 27.5 Å². The van der Waals surface area contributed by atoms with E-state index in [0.717, 1.165) is 16.3 Å². The van der Waals surface area contributed by atoms with E-state index >= 15 is 0 Å². The van der Waals surface area contributed by atoms with E-state index in [0.29, 0.717) is 5.92 Å². The first-order valence-electron chi connectivity index (χ1n) is 7.82. The van der Waals surface area contributed by atoms with Crippen LogP contribution in [0.2, 0.25) is 5.02 Å². The lowest BCUT2D eigenvalue weighted by molar-refractivity contribution is 0.364. The maximum atomic E-state index is 6.44. The van der Waals surface area contributed by atoms with Gasteiger partial charge in [0.1, 0.15) is 5.75 Å². The quantitative estimate of drug-likeness (QED) is 0.658. The van der Waals surface area contributed by atoms with E-state index in [2.05, 4.69) is 65.8 Å². The number of halogens is 1. The Morgan fingerprint density at radius 1 is 1.05 bits per heavy atom. The highest BCUT2D eigenvalue weighted by Crippen LogP contribution is 2.46. The maximum Gasteiger partial charge on any atom is 0.126 e. The van der Waals surface area contributed by atoms with Gasteiger partial charge >= 0.3 is 0 Å². The second kappa shape index (κ2) is 5.77. The third-order valence-electron chi connectivity index (χ3n) is 4.60. The topological polar surface area (TPSA) is 9.23 Å². The van der Waals surface area contributed by atoms with Gasteiger partial charge in [-0.15, -0.1) is 0 Å². The first-order valence-corrected chi connectivity index (χ1v) is 8.20. The predicted molar refractivity (Wildman–Crippen MR) is 96.1 cm³/mol. The molecule has 0 saturated heterocycles. The lowest BCUT2D eigenvalue weighted by atomic mass is 9.71. The van der Waals surface area contributed by atoms with Gasteiger partial charge in [0.05, 0.1) is 7.11 Å². The SMILES string of the molecule is COc1c(C(C)(C)C)cc(Cl)cc1C(C)(C)C1C=CC(C)=C1. The fraction of sp³-hybridized carbons (Fsp3) is 0.500. The van der Waals surface area contributed by atoms with Crippen molar-refractivity contribution in [2.75, 3.05) is 7.11 Å². The summed E-state index contributed by atoms with van der Waals surface area (Å²) in [6.07, 6.45) is 6.78. The zero-order valence-electron chi connectivity index (χ0n) is 14.8. The molecule has 1 unspecified atom stereocenters. The molecule has 1 nitrogen and oxygen atoms in total. The summed E-state index contributed by atoms with van der Waals surface area (Å²) in [7, 11) is 1.75. The van der Waals surface area contributed by atoms with Crippen molar-refractivity contribution in [2.24, 2.45) is 5.92 Å². The summed E-state index contributed by atoms with van der Waals surface area (Å²) >= 11 is 6.44. The van der Waals surface area contributed by atoms with Crippen molar-refractivity contribution in [3.8, 4) is 5.75 Å². The summed E-state index contributed by atoms with van der Waals surface area (Å²) in [6, 6.07) is 4.09. The lowest BCUT2D eigenvalue weighted by Gasteiger charge is -2.34. The van der Waals surface area contributed by atoms with Crippen LogP contribution in [-0.4, -0.2) is 7.11 Å². The molecule has 0 aromatic heterocycles. The van der Waals surface area contributed by atoms with Gasteiger partial charge in [-0.25, -0.2) is 0 Å². The Morgan fingerprint density at radius 2 is 1.64 bits per heavy atom. The van der Waals surface area contributed by atoms with Crippen molar-refractivity contribution in [3.63, 3.8) is 0 Å². The van der Waals surface area contributed by atoms with Crippen LogP contribution in [-0.2, 0) is 10.8 Å². The first-order chi connectivity index (χ1) is 10.1. The highest BCUT2D eigenvalue weighted by molar-refractivity contribution is 6.30. The van der Waals surface area contributed by atoms with Gasteiger partial charge in [-0.1, -0.05) is 70.0 Å². The monoisotopic (exact) mass is 318 g/mol. The van der Waals surface area contributed by atoms with Crippen molar-refractivity contribution < 1.29 is 4.74 Å². The zero-order valence-corrected chi connectivity index (χ0v) is 15.5. The number of ether oxygens (including phenoxy) is 1. The van der Waals surface area contributed by atoms with Crippen LogP contribution in [0.15, 0.2) is 35.9 Å². The molecule has 1 aromatic carbocycles. The molecule has 0 N–H and O–H groups in total. The molecule has 22 heavy (non-hydrogen) atoms. The third kappa shape index (κ3) is 3.10. The van der Waals surface area contributed by atoms with E-state index in [-0.39, 0.29) is 10.8 Å². The molecular weight excluding hydrogens is 292 g/mol. The molecule has 1 aliphatic rings. The van der Waals surface area contributed by atoms with Crippen molar-refractivity contribution in [2.45, 2.75) is 52.4 Å². The van der Waals surface area contributed by atoms with Crippen LogP contribution in [0.5, 0.6) is 5.75 Å². The van der Waals surface area contributed by atoms with Crippen LogP contribution >= 0.6 is 11.6 Å². The number of hydrogen-bond acceptors (Lipinski definition) is 1. The smallest absolute Gasteiger partial charge is 0.126 e. The van der Waals surface area contributed by atoms with Crippen molar-refractivity contribution in [3.05, 3.63) is 52.1 Å². The Kier molecular flexibility index (Phi) is 4.50. The molecule has 0 saturated carbocycles. The highest BCUT2D eigenvalue weighted by atomic mass is 35.5.